The van der Waals surface area contributed by atoms with Crippen molar-refractivity contribution >= 4 is 17.9 Å². The Hall–Kier alpha value is -2.23. The Labute approximate surface area is 169 Å². The zero-order chi connectivity index (χ0) is 20.5. The average Bonchev–Trinajstić information content (AvgIpc) is 2.92. The number of hydrogen-bond donors (Lipinski definition) is 0. The van der Waals surface area contributed by atoms with Crippen LogP contribution in [-0.4, -0.2) is 72.8 Å². The van der Waals surface area contributed by atoms with Crippen LogP contribution in [0.2, 0.25) is 0 Å². The lowest BCUT2D eigenvalue weighted by atomic mass is 10.1. The highest BCUT2D eigenvalue weighted by Crippen LogP contribution is 2.23. The summed E-state index contributed by atoms with van der Waals surface area (Å²) >= 11 is 0. The van der Waals surface area contributed by atoms with Crippen molar-refractivity contribution in [2.45, 2.75) is 46.1 Å². The van der Waals surface area contributed by atoms with E-state index in [1.165, 1.54) is 0 Å². The lowest BCUT2D eigenvalue weighted by Crippen LogP contribution is -2.49. The third-order valence-corrected chi connectivity index (χ3v) is 5.39. The van der Waals surface area contributed by atoms with Crippen LogP contribution in [0.25, 0.3) is 0 Å². The Kier molecular flexibility index (Phi) is 8.62. The molecule has 0 saturated carbocycles. The summed E-state index contributed by atoms with van der Waals surface area (Å²) in [6.07, 6.45) is 3.96. The minimum Gasteiger partial charge on any atom is -0.305 e. The number of amides is 1. The SMILES string of the molecule is CCCC(C(=Nc1cc(C#N)ccc1C)N(C=O)CC)N1CCCN(C)CC1. The maximum Gasteiger partial charge on any atom is 0.215 e. The van der Waals surface area contributed by atoms with Crippen molar-refractivity contribution < 1.29 is 4.79 Å². The van der Waals surface area contributed by atoms with E-state index in [9.17, 15) is 10.1 Å². The Morgan fingerprint density at radius 1 is 1.32 bits per heavy atom. The summed E-state index contributed by atoms with van der Waals surface area (Å²) in [6, 6.07) is 7.81. The van der Waals surface area contributed by atoms with Gasteiger partial charge in [0, 0.05) is 26.2 Å². The Morgan fingerprint density at radius 3 is 2.75 bits per heavy atom. The van der Waals surface area contributed by atoms with Gasteiger partial charge in [-0.1, -0.05) is 19.4 Å². The molecule has 2 rings (SSSR count). The molecule has 0 aliphatic carbocycles. The molecule has 1 atom stereocenters. The summed E-state index contributed by atoms with van der Waals surface area (Å²) in [4.78, 5) is 23.4. The molecule has 1 aliphatic heterocycles. The fourth-order valence-electron chi connectivity index (χ4n) is 3.67. The summed E-state index contributed by atoms with van der Waals surface area (Å²) < 4.78 is 0. The van der Waals surface area contributed by atoms with E-state index in [4.69, 9.17) is 4.99 Å². The zero-order valence-electron chi connectivity index (χ0n) is 17.7. The van der Waals surface area contributed by atoms with E-state index in [2.05, 4.69) is 29.8 Å². The molecule has 1 heterocycles. The molecule has 28 heavy (non-hydrogen) atoms. The number of nitrogens with zero attached hydrogens (tertiary/aromatic N) is 5. The molecule has 6 nitrogen and oxygen atoms in total. The molecule has 0 bridgehead atoms. The first kappa shape index (κ1) is 22.1. The highest BCUT2D eigenvalue weighted by Gasteiger charge is 2.28. The van der Waals surface area contributed by atoms with Crippen LogP contribution in [0.3, 0.4) is 0 Å². The van der Waals surface area contributed by atoms with Crippen LogP contribution in [0.1, 0.15) is 44.2 Å². The molecule has 152 valence electrons. The third-order valence-electron chi connectivity index (χ3n) is 5.39. The topological polar surface area (TPSA) is 62.9 Å². The fourth-order valence-corrected chi connectivity index (χ4v) is 3.67. The van der Waals surface area contributed by atoms with Crippen molar-refractivity contribution in [1.29, 1.82) is 5.26 Å². The predicted molar refractivity (Wildman–Crippen MR) is 114 cm³/mol. The third kappa shape index (κ3) is 5.63. The van der Waals surface area contributed by atoms with Crippen molar-refractivity contribution in [2.24, 2.45) is 4.99 Å². The first-order chi connectivity index (χ1) is 13.5. The van der Waals surface area contributed by atoms with E-state index in [-0.39, 0.29) is 6.04 Å². The number of nitriles is 1. The molecule has 1 aromatic carbocycles. The smallest absolute Gasteiger partial charge is 0.215 e. The number of aryl methyl sites for hydroxylation is 1. The van der Waals surface area contributed by atoms with Gasteiger partial charge in [-0.05, 0) is 58.0 Å². The Morgan fingerprint density at radius 2 is 2.11 bits per heavy atom. The van der Waals surface area contributed by atoms with Gasteiger partial charge in [0.05, 0.1) is 23.4 Å². The summed E-state index contributed by atoms with van der Waals surface area (Å²) in [5.41, 5.74) is 2.35. The second kappa shape index (κ2) is 10.9. The van der Waals surface area contributed by atoms with Gasteiger partial charge >= 0.3 is 0 Å². The summed E-state index contributed by atoms with van der Waals surface area (Å²) in [6.45, 7) is 10.8. The summed E-state index contributed by atoms with van der Waals surface area (Å²) in [5, 5.41) is 9.26. The largest absolute Gasteiger partial charge is 0.305 e. The lowest BCUT2D eigenvalue weighted by Gasteiger charge is -2.34. The zero-order valence-corrected chi connectivity index (χ0v) is 17.7. The summed E-state index contributed by atoms with van der Waals surface area (Å²) in [5.74, 6) is 0.794. The maximum absolute atomic E-state index is 11.9. The van der Waals surface area contributed by atoms with Crippen molar-refractivity contribution in [1.82, 2.24) is 14.7 Å². The number of aliphatic imine (C=N–C) groups is 1. The van der Waals surface area contributed by atoms with Crippen LogP contribution < -0.4 is 0 Å². The molecule has 0 radical (unpaired) electrons. The molecule has 6 heteroatoms. The minimum absolute atomic E-state index is 0.0896. The first-order valence-electron chi connectivity index (χ1n) is 10.3. The highest BCUT2D eigenvalue weighted by molar-refractivity contribution is 5.96. The second-order valence-corrected chi connectivity index (χ2v) is 7.47. The number of likely N-dealkylation sites (N-methyl/N-ethyl adjacent to an activating group) is 2. The summed E-state index contributed by atoms with van der Waals surface area (Å²) in [7, 11) is 2.16. The van der Waals surface area contributed by atoms with E-state index >= 15 is 0 Å². The van der Waals surface area contributed by atoms with Gasteiger partial charge in [0.2, 0.25) is 6.41 Å². The average molecular weight is 384 g/mol. The standard InChI is InChI=1S/C22H33N5O/c1-5-8-21(27-12-7-11-25(4)13-14-27)22(26(6-2)17-28)24-20-15-19(16-23)10-9-18(20)3/h9-10,15,17,21H,5-8,11-14H2,1-4H3. The molecule has 1 saturated heterocycles. The van der Waals surface area contributed by atoms with E-state index in [1.54, 1.807) is 11.0 Å². The quantitative estimate of drug-likeness (QED) is 0.412. The maximum atomic E-state index is 11.9. The number of hydrogen-bond acceptors (Lipinski definition) is 5. The number of carbonyl (C=O) groups is 1. The molecule has 1 aliphatic rings. The van der Waals surface area contributed by atoms with Gasteiger partial charge in [0.1, 0.15) is 5.84 Å². The van der Waals surface area contributed by atoms with Crippen LogP contribution in [0.5, 0.6) is 0 Å². The number of benzene rings is 1. The molecule has 1 unspecified atom stereocenters. The van der Waals surface area contributed by atoms with Gasteiger partial charge in [0.25, 0.3) is 0 Å². The van der Waals surface area contributed by atoms with Gasteiger partial charge in [-0.2, -0.15) is 5.26 Å². The van der Waals surface area contributed by atoms with Gasteiger partial charge < -0.3 is 9.80 Å². The van der Waals surface area contributed by atoms with Crippen molar-refractivity contribution in [3.05, 3.63) is 29.3 Å². The van der Waals surface area contributed by atoms with E-state index in [1.807, 2.05) is 26.0 Å². The van der Waals surface area contributed by atoms with Crippen LogP contribution in [0.4, 0.5) is 5.69 Å². The normalized spacial score (nSPS) is 17.6. The molecule has 1 fully saturated rings. The molecule has 1 aromatic rings. The molecule has 0 N–H and O–H groups in total. The highest BCUT2D eigenvalue weighted by atomic mass is 16.1. The lowest BCUT2D eigenvalue weighted by molar-refractivity contribution is -0.114. The predicted octanol–water partition coefficient (Wildman–Crippen LogP) is 3.18. The van der Waals surface area contributed by atoms with Crippen LogP contribution in [0, 0.1) is 18.3 Å². The van der Waals surface area contributed by atoms with Crippen molar-refractivity contribution in [3.63, 3.8) is 0 Å². The molecule has 1 amide bonds. The number of carbonyl (C=O) groups excluding carboxylic acids is 1. The molecular formula is C22H33N5O. The Balaban J connectivity index is 2.49. The van der Waals surface area contributed by atoms with Gasteiger partial charge in [-0.3, -0.25) is 9.69 Å². The number of amidine groups is 1. The van der Waals surface area contributed by atoms with Gasteiger partial charge in [0.15, 0.2) is 0 Å². The van der Waals surface area contributed by atoms with E-state index in [0.29, 0.717) is 12.1 Å². The molecule has 0 spiro atoms. The van der Waals surface area contributed by atoms with Crippen LogP contribution in [-0.2, 0) is 4.79 Å². The van der Waals surface area contributed by atoms with Crippen LogP contribution >= 0.6 is 0 Å². The van der Waals surface area contributed by atoms with E-state index < -0.39 is 0 Å². The van der Waals surface area contributed by atoms with Crippen molar-refractivity contribution in [3.8, 4) is 6.07 Å². The molecular weight excluding hydrogens is 350 g/mol. The fraction of sp³-hybridized carbons (Fsp3) is 0.591. The van der Waals surface area contributed by atoms with Crippen LogP contribution in [0.15, 0.2) is 23.2 Å². The molecule has 0 aromatic heterocycles. The van der Waals surface area contributed by atoms with Gasteiger partial charge in [-0.15, -0.1) is 0 Å². The van der Waals surface area contributed by atoms with Crippen molar-refractivity contribution in [2.75, 3.05) is 39.8 Å². The number of rotatable bonds is 7. The minimum atomic E-state index is 0.0896. The first-order valence-corrected chi connectivity index (χ1v) is 10.3. The Bertz CT molecular complexity index is 724. The van der Waals surface area contributed by atoms with Gasteiger partial charge in [-0.25, -0.2) is 4.99 Å². The van der Waals surface area contributed by atoms with E-state index in [0.717, 1.165) is 68.9 Å². The second-order valence-electron chi connectivity index (χ2n) is 7.47. The monoisotopic (exact) mass is 383 g/mol.